The van der Waals surface area contributed by atoms with E-state index in [0.29, 0.717) is 26.1 Å². The molecule has 0 bridgehead atoms. The van der Waals surface area contributed by atoms with Crippen LogP contribution in [0.3, 0.4) is 0 Å². The molecule has 0 radical (unpaired) electrons. The number of rotatable bonds is 16. The fourth-order valence-corrected chi connectivity index (χ4v) is 2.38. The summed E-state index contributed by atoms with van der Waals surface area (Å²) in [5.41, 5.74) is 0. The van der Waals surface area contributed by atoms with Crippen molar-refractivity contribution in [2.24, 2.45) is 0 Å². The monoisotopic (exact) mass is 336 g/mol. The lowest BCUT2D eigenvalue weighted by atomic mass is 10.1. The molecule has 24 heavy (non-hydrogen) atoms. The van der Waals surface area contributed by atoms with E-state index in [1.807, 2.05) is 0 Å². The van der Waals surface area contributed by atoms with Crippen LogP contribution >= 0.6 is 0 Å². The lowest BCUT2D eigenvalue weighted by Crippen LogP contribution is -2.09. The van der Waals surface area contributed by atoms with Crippen molar-refractivity contribution in [1.82, 2.24) is 0 Å². The number of hydrogen-bond donors (Lipinski definition) is 0. The quantitative estimate of drug-likeness (QED) is 0.269. The highest BCUT2D eigenvalue weighted by Gasteiger charge is 2.03. The molecule has 0 saturated heterocycles. The summed E-state index contributed by atoms with van der Waals surface area (Å²) < 4.78 is 10.0. The predicted octanol–water partition coefficient (Wildman–Crippen LogP) is 5.65. The van der Waals surface area contributed by atoms with Gasteiger partial charge in [0, 0.05) is 12.8 Å². The van der Waals surface area contributed by atoms with E-state index in [1.165, 1.54) is 0 Å². The molecule has 0 atom stereocenters. The molecule has 0 rings (SSSR count). The molecule has 0 spiro atoms. The summed E-state index contributed by atoms with van der Waals surface area (Å²) >= 11 is 0. The van der Waals surface area contributed by atoms with Gasteiger partial charge in [-0.3, -0.25) is 0 Å². The van der Waals surface area contributed by atoms with E-state index in [1.54, 1.807) is 0 Å². The molecule has 0 aromatic carbocycles. The van der Waals surface area contributed by atoms with E-state index in [9.17, 15) is 4.79 Å². The van der Waals surface area contributed by atoms with Gasteiger partial charge in [0.1, 0.15) is 0 Å². The van der Waals surface area contributed by atoms with E-state index in [2.05, 4.69) is 12.1 Å². The number of carbonyl (C=O) groups is 1. The average molecular weight is 336 g/mol. The SMILES string of the molecule is N#CCCCCCCCCOC(=O)OCCCCCCCCC#N. The van der Waals surface area contributed by atoms with Crippen LogP contribution < -0.4 is 0 Å². The van der Waals surface area contributed by atoms with Crippen molar-refractivity contribution in [3.8, 4) is 12.1 Å². The van der Waals surface area contributed by atoms with Crippen LogP contribution in [0.4, 0.5) is 4.79 Å². The molecular weight excluding hydrogens is 304 g/mol. The Kier molecular flexibility index (Phi) is 17.9. The summed E-state index contributed by atoms with van der Waals surface area (Å²) in [6.07, 6.45) is 13.3. The van der Waals surface area contributed by atoms with Crippen molar-refractivity contribution < 1.29 is 14.3 Å². The van der Waals surface area contributed by atoms with Gasteiger partial charge in [-0.05, 0) is 25.7 Å². The smallest absolute Gasteiger partial charge is 0.434 e. The Hall–Kier alpha value is -1.75. The molecule has 0 heterocycles. The Morgan fingerprint density at radius 2 is 0.917 bits per heavy atom. The second kappa shape index (κ2) is 19.3. The van der Waals surface area contributed by atoms with Gasteiger partial charge in [-0.2, -0.15) is 10.5 Å². The van der Waals surface area contributed by atoms with Crippen LogP contribution in [0.15, 0.2) is 0 Å². The van der Waals surface area contributed by atoms with Crippen LogP contribution in [-0.4, -0.2) is 19.4 Å². The topological polar surface area (TPSA) is 83.1 Å². The zero-order valence-electron chi connectivity index (χ0n) is 14.9. The largest absolute Gasteiger partial charge is 0.508 e. The molecule has 136 valence electrons. The maximum Gasteiger partial charge on any atom is 0.508 e. The summed E-state index contributed by atoms with van der Waals surface area (Å²) in [6.45, 7) is 0.853. The summed E-state index contributed by atoms with van der Waals surface area (Å²) in [5, 5.41) is 16.8. The van der Waals surface area contributed by atoms with Crippen LogP contribution in [0.5, 0.6) is 0 Å². The fourth-order valence-electron chi connectivity index (χ4n) is 2.38. The van der Waals surface area contributed by atoms with Gasteiger partial charge in [-0.15, -0.1) is 0 Å². The molecule has 5 heteroatoms. The third kappa shape index (κ3) is 18.3. The fraction of sp³-hybridized carbons (Fsp3) is 0.842. The van der Waals surface area contributed by atoms with Crippen molar-refractivity contribution in [2.75, 3.05) is 13.2 Å². The maximum absolute atomic E-state index is 11.4. The third-order valence-electron chi connectivity index (χ3n) is 3.81. The van der Waals surface area contributed by atoms with Gasteiger partial charge in [-0.1, -0.05) is 51.4 Å². The van der Waals surface area contributed by atoms with Crippen molar-refractivity contribution in [1.29, 1.82) is 10.5 Å². The third-order valence-corrected chi connectivity index (χ3v) is 3.81. The van der Waals surface area contributed by atoms with Gasteiger partial charge in [0.05, 0.1) is 25.4 Å². The highest BCUT2D eigenvalue weighted by atomic mass is 16.7. The number of ether oxygens (including phenoxy) is 2. The summed E-state index contributed by atoms with van der Waals surface area (Å²) in [6, 6.07) is 4.29. The van der Waals surface area contributed by atoms with E-state index in [-0.39, 0.29) is 0 Å². The first-order chi connectivity index (χ1) is 11.8. The van der Waals surface area contributed by atoms with Gasteiger partial charge < -0.3 is 9.47 Å². The standard InChI is InChI=1S/C19H32N2O3/c20-15-11-7-3-1-5-9-13-17-23-19(22)24-18-14-10-6-2-4-8-12-16-21/h1-14,17-18H2. The van der Waals surface area contributed by atoms with Gasteiger partial charge in [0.2, 0.25) is 0 Å². The average Bonchev–Trinajstić information content (AvgIpc) is 2.59. The van der Waals surface area contributed by atoms with Crippen LogP contribution in [-0.2, 0) is 9.47 Å². The normalized spacial score (nSPS) is 9.92. The van der Waals surface area contributed by atoms with Gasteiger partial charge in [0.25, 0.3) is 0 Å². The molecule has 0 saturated carbocycles. The second-order valence-corrected chi connectivity index (χ2v) is 6.01. The minimum absolute atomic E-state index is 0.427. The van der Waals surface area contributed by atoms with Crippen molar-refractivity contribution >= 4 is 6.16 Å². The Bertz CT molecular complexity index is 338. The highest BCUT2D eigenvalue weighted by molar-refractivity contribution is 5.59. The van der Waals surface area contributed by atoms with Gasteiger partial charge >= 0.3 is 6.16 Å². The molecule has 0 aromatic rings. The first-order valence-electron chi connectivity index (χ1n) is 9.34. The number of nitrogens with zero attached hydrogens (tertiary/aromatic N) is 2. The summed E-state index contributed by atoms with van der Waals surface area (Å²) in [4.78, 5) is 11.4. The minimum Gasteiger partial charge on any atom is -0.434 e. The minimum atomic E-state index is -0.557. The molecule has 0 aliphatic rings. The maximum atomic E-state index is 11.4. The van der Waals surface area contributed by atoms with Crippen molar-refractivity contribution in [2.45, 2.75) is 89.9 Å². The van der Waals surface area contributed by atoms with Crippen LogP contribution in [0.2, 0.25) is 0 Å². The lowest BCUT2D eigenvalue weighted by Gasteiger charge is -2.06. The predicted molar refractivity (Wildman–Crippen MR) is 93.2 cm³/mol. The molecule has 0 fully saturated rings. The number of unbranched alkanes of at least 4 members (excludes halogenated alkanes) is 12. The molecular formula is C19H32N2O3. The van der Waals surface area contributed by atoms with E-state index in [0.717, 1.165) is 77.0 Å². The Balaban J connectivity index is 3.16. The summed E-state index contributed by atoms with van der Waals surface area (Å²) in [5.74, 6) is 0. The molecule has 0 aromatic heterocycles. The van der Waals surface area contributed by atoms with E-state index in [4.69, 9.17) is 20.0 Å². The van der Waals surface area contributed by atoms with Crippen molar-refractivity contribution in [3.63, 3.8) is 0 Å². The Labute approximate surface area is 146 Å². The van der Waals surface area contributed by atoms with E-state index >= 15 is 0 Å². The number of nitriles is 2. The van der Waals surface area contributed by atoms with Gasteiger partial charge in [0.15, 0.2) is 0 Å². The van der Waals surface area contributed by atoms with Crippen LogP contribution in [0.1, 0.15) is 89.9 Å². The molecule has 0 N–H and O–H groups in total. The number of carbonyl (C=O) groups excluding carboxylic acids is 1. The highest BCUT2D eigenvalue weighted by Crippen LogP contribution is 2.08. The Morgan fingerprint density at radius 1 is 0.583 bits per heavy atom. The van der Waals surface area contributed by atoms with Gasteiger partial charge in [-0.25, -0.2) is 4.79 Å². The van der Waals surface area contributed by atoms with Crippen molar-refractivity contribution in [3.05, 3.63) is 0 Å². The van der Waals surface area contributed by atoms with Crippen LogP contribution in [0.25, 0.3) is 0 Å². The first kappa shape index (κ1) is 22.2. The molecule has 0 unspecified atom stereocenters. The lowest BCUT2D eigenvalue weighted by molar-refractivity contribution is 0.0529. The van der Waals surface area contributed by atoms with E-state index < -0.39 is 6.16 Å². The molecule has 0 aliphatic heterocycles. The molecule has 0 aliphatic carbocycles. The molecule has 0 amide bonds. The first-order valence-corrected chi connectivity index (χ1v) is 9.34. The summed E-state index contributed by atoms with van der Waals surface area (Å²) in [7, 11) is 0. The van der Waals surface area contributed by atoms with Crippen LogP contribution in [0, 0.1) is 22.7 Å². The number of hydrogen-bond acceptors (Lipinski definition) is 5. The second-order valence-electron chi connectivity index (χ2n) is 6.01. The zero-order valence-corrected chi connectivity index (χ0v) is 14.9. The zero-order chi connectivity index (χ0) is 17.7. The molecule has 5 nitrogen and oxygen atoms in total. The Morgan fingerprint density at radius 3 is 1.29 bits per heavy atom.